The molecule has 1 saturated carbocycles. The van der Waals surface area contributed by atoms with Gasteiger partial charge in [-0.05, 0) is 55.2 Å². The summed E-state index contributed by atoms with van der Waals surface area (Å²) in [6.45, 7) is 6.59. The van der Waals surface area contributed by atoms with Crippen LogP contribution in [0.3, 0.4) is 0 Å². The van der Waals surface area contributed by atoms with Crippen LogP contribution in [-0.2, 0) is 10.2 Å². The van der Waals surface area contributed by atoms with Crippen molar-refractivity contribution in [2.24, 2.45) is 5.41 Å². The number of carbonyl (C=O) groups excluding carboxylic acids is 1. The number of H-pyrrole nitrogens is 1. The number of ether oxygens (including phenoxy) is 1. The van der Waals surface area contributed by atoms with Crippen LogP contribution in [0.4, 0.5) is 0 Å². The second kappa shape index (κ2) is 8.63. The molecular formula is C26H34ClN3O2. The predicted octanol–water partition coefficient (Wildman–Crippen LogP) is 6.35. The van der Waals surface area contributed by atoms with Crippen molar-refractivity contribution < 1.29 is 9.53 Å². The molecule has 172 valence electrons. The highest BCUT2D eigenvalue weighted by atomic mass is 35.5. The average Bonchev–Trinajstić information content (AvgIpc) is 3.17. The third-order valence-corrected chi connectivity index (χ3v) is 8.10. The summed E-state index contributed by atoms with van der Waals surface area (Å²) in [6.07, 6.45) is 9.22. The molecule has 0 spiro atoms. The van der Waals surface area contributed by atoms with E-state index in [4.69, 9.17) is 16.3 Å². The number of hydrogen-bond acceptors (Lipinski definition) is 3. The lowest BCUT2D eigenvalue weighted by molar-refractivity contribution is -0.145. The first-order valence-corrected chi connectivity index (χ1v) is 12.1. The molecule has 0 radical (unpaired) electrons. The maximum atomic E-state index is 13.8. The first-order chi connectivity index (χ1) is 15.2. The van der Waals surface area contributed by atoms with Gasteiger partial charge in [0.25, 0.3) is 0 Å². The van der Waals surface area contributed by atoms with Crippen molar-refractivity contribution in [3.05, 3.63) is 28.9 Å². The smallest absolute Gasteiger partial charge is 0.223 e. The number of aromatic amines is 1. The van der Waals surface area contributed by atoms with E-state index in [9.17, 15) is 10.1 Å². The fourth-order valence-electron chi connectivity index (χ4n) is 6.22. The summed E-state index contributed by atoms with van der Waals surface area (Å²) in [4.78, 5) is 19.3. The maximum Gasteiger partial charge on any atom is 0.223 e. The minimum Gasteiger partial charge on any atom is -0.495 e. The third kappa shape index (κ3) is 4.10. The van der Waals surface area contributed by atoms with Gasteiger partial charge in [-0.15, -0.1) is 0 Å². The lowest BCUT2D eigenvalue weighted by Crippen LogP contribution is -2.57. The number of halogens is 1. The Hall–Kier alpha value is -2.19. The van der Waals surface area contributed by atoms with Crippen LogP contribution in [0.25, 0.3) is 10.9 Å². The van der Waals surface area contributed by atoms with Gasteiger partial charge in [-0.1, -0.05) is 38.8 Å². The minimum absolute atomic E-state index is 0.161. The Morgan fingerprint density at radius 1 is 1.41 bits per heavy atom. The Morgan fingerprint density at radius 3 is 2.91 bits per heavy atom. The van der Waals surface area contributed by atoms with E-state index in [0.29, 0.717) is 35.1 Å². The highest BCUT2D eigenvalue weighted by molar-refractivity contribution is 6.37. The molecule has 1 aliphatic heterocycles. The summed E-state index contributed by atoms with van der Waals surface area (Å²) in [5.41, 5.74) is 1.87. The van der Waals surface area contributed by atoms with Gasteiger partial charge in [0.15, 0.2) is 0 Å². The number of hydrogen-bond donors (Lipinski definition) is 1. The van der Waals surface area contributed by atoms with Crippen molar-refractivity contribution in [2.75, 3.05) is 7.11 Å². The van der Waals surface area contributed by atoms with Crippen LogP contribution in [0.1, 0.15) is 77.7 Å². The Morgan fingerprint density at radius 2 is 2.19 bits per heavy atom. The molecule has 1 aromatic carbocycles. The van der Waals surface area contributed by atoms with Crippen molar-refractivity contribution in [3.8, 4) is 11.8 Å². The lowest BCUT2D eigenvalue weighted by atomic mass is 9.65. The van der Waals surface area contributed by atoms with Gasteiger partial charge >= 0.3 is 0 Å². The molecule has 1 N–H and O–H groups in total. The molecule has 2 heterocycles. The molecule has 2 aliphatic rings. The predicted molar refractivity (Wildman–Crippen MR) is 128 cm³/mol. The number of amides is 1. The molecule has 4 rings (SSSR count). The fourth-order valence-corrected chi connectivity index (χ4v) is 6.57. The highest BCUT2D eigenvalue weighted by Crippen LogP contribution is 2.48. The number of carbonyl (C=O) groups is 1. The van der Waals surface area contributed by atoms with E-state index in [-0.39, 0.29) is 11.9 Å². The summed E-state index contributed by atoms with van der Waals surface area (Å²) in [5, 5.41) is 10.7. The van der Waals surface area contributed by atoms with Crippen LogP contribution >= 0.6 is 11.6 Å². The molecule has 1 saturated heterocycles. The van der Waals surface area contributed by atoms with Crippen molar-refractivity contribution in [1.82, 2.24) is 9.88 Å². The number of rotatable bonds is 6. The number of nitrogens with zero attached hydrogens (tertiary/aromatic N) is 2. The monoisotopic (exact) mass is 455 g/mol. The van der Waals surface area contributed by atoms with Crippen molar-refractivity contribution in [1.29, 1.82) is 5.26 Å². The van der Waals surface area contributed by atoms with Gasteiger partial charge in [0.1, 0.15) is 5.75 Å². The lowest BCUT2D eigenvalue weighted by Gasteiger charge is -2.53. The Labute approximate surface area is 196 Å². The molecular weight excluding hydrogens is 422 g/mol. The molecule has 1 aliphatic carbocycles. The molecule has 1 amide bonds. The minimum atomic E-state index is -0.402. The summed E-state index contributed by atoms with van der Waals surface area (Å²) < 4.78 is 5.43. The molecule has 6 heteroatoms. The number of benzene rings is 1. The number of fused-ring (bicyclic) bond motifs is 3. The Balaban J connectivity index is 1.63. The van der Waals surface area contributed by atoms with Crippen LogP contribution in [-0.4, -0.2) is 35.0 Å². The third-order valence-electron chi connectivity index (χ3n) is 7.73. The second-order valence-corrected chi connectivity index (χ2v) is 11.1. The van der Waals surface area contributed by atoms with Crippen LogP contribution in [0, 0.1) is 16.7 Å². The summed E-state index contributed by atoms with van der Waals surface area (Å²) in [6, 6.07) is 6.57. The van der Waals surface area contributed by atoms with Crippen molar-refractivity contribution in [3.63, 3.8) is 0 Å². The molecule has 5 nitrogen and oxygen atoms in total. The number of piperidine rings is 1. The molecule has 3 atom stereocenters. The number of methoxy groups -OCH3 is 1. The molecule has 32 heavy (non-hydrogen) atoms. The van der Waals surface area contributed by atoms with Crippen LogP contribution in [0.15, 0.2) is 18.3 Å². The average molecular weight is 456 g/mol. The van der Waals surface area contributed by atoms with Gasteiger partial charge in [-0.2, -0.15) is 5.26 Å². The Bertz CT molecular complexity index is 1050. The van der Waals surface area contributed by atoms with Gasteiger partial charge in [-0.25, -0.2) is 0 Å². The van der Waals surface area contributed by atoms with Gasteiger partial charge in [0.05, 0.1) is 18.2 Å². The molecule has 3 unspecified atom stereocenters. The van der Waals surface area contributed by atoms with Crippen molar-refractivity contribution in [2.45, 2.75) is 89.6 Å². The highest BCUT2D eigenvalue weighted by Gasteiger charge is 2.46. The van der Waals surface area contributed by atoms with E-state index < -0.39 is 5.41 Å². The van der Waals surface area contributed by atoms with E-state index in [1.165, 1.54) is 12.8 Å². The molecule has 2 fully saturated rings. The van der Waals surface area contributed by atoms with E-state index >= 15 is 0 Å². The van der Waals surface area contributed by atoms with Crippen LogP contribution < -0.4 is 4.74 Å². The van der Waals surface area contributed by atoms with Gasteiger partial charge < -0.3 is 14.6 Å². The van der Waals surface area contributed by atoms with Crippen LogP contribution in [0.5, 0.6) is 5.75 Å². The molecule has 2 aromatic rings. The number of aromatic nitrogens is 1. The van der Waals surface area contributed by atoms with E-state index in [0.717, 1.165) is 42.1 Å². The maximum absolute atomic E-state index is 13.8. The van der Waals surface area contributed by atoms with E-state index in [1.54, 1.807) is 7.11 Å². The van der Waals surface area contributed by atoms with Gasteiger partial charge in [-0.3, -0.25) is 4.79 Å². The largest absolute Gasteiger partial charge is 0.495 e. The number of likely N-dealkylation sites (tertiary alicyclic amines) is 1. The molecule has 2 bridgehead atoms. The number of nitriles is 1. The summed E-state index contributed by atoms with van der Waals surface area (Å²) in [5.74, 6) is 0.830. The zero-order valence-electron chi connectivity index (χ0n) is 19.6. The first-order valence-electron chi connectivity index (χ1n) is 11.7. The van der Waals surface area contributed by atoms with E-state index in [1.807, 2.05) is 18.3 Å². The number of nitrogens with one attached hydrogen (secondary N) is 1. The quantitative estimate of drug-likeness (QED) is 0.551. The van der Waals surface area contributed by atoms with E-state index in [2.05, 4.69) is 36.7 Å². The standard InChI is InChI=1S/C26H34ClN3O2/c1-25(2,19-16-29-20-9-10-21(32-4)24(27)23(19)20)15-22(31)30-17-7-5-11-26(3,13-17)14-18(30)8-6-12-28/h9-10,16-18,29H,5-8,11,13-15H2,1-4H3. The Kier molecular flexibility index (Phi) is 6.20. The van der Waals surface area contributed by atoms with Crippen LogP contribution in [0.2, 0.25) is 5.02 Å². The summed E-state index contributed by atoms with van der Waals surface area (Å²) >= 11 is 6.67. The fraction of sp³-hybridized carbons (Fsp3) is 0.615. The summed E-state index contributed by atoms with van der Waals surface area (Å²) in [7, 11) is 1.61. The second-order valence-electron chi connectivity index (χ2n) is 10.7. The zero-order valence-corrected chi connectivity index (χ0v) is 20.4. The first kappa shape index (κ1) is 23.0. The SMILES string of the molecule is COc1ccc2[nH]cc(C(C)(C)CC(=O)N3C(CCC#N)CC4(C)CCCC3C4)c2c1Cl. The van der Waals surface area contributed by atoms with Gasteiger partial charge in [0.2, 0.25) is 5.91 Å². The zero-order chi connectivity index (χ0) is 23.1. The normalized spacial score (nSPS) is 25.6. The molecule has 1 aromatic heterocycles. The van der Waals surface area contributed by atoms with Crippen molar-refractivity contribution >= 4 is 28.4 Å². The van der Waals surface area contributed by atoms with Gasteiger partial charge in [0, 0.05) is 47.4 Å². The topological polar surface area (TPSA) is 69.1 Å².